The second-order valence-corrected chi connectivity index (χ2v) is 7.28. The second kappa shape index (κ2) is 7.50. The molecular formula is C22H21FN4O2. The van der Waals surface area contributed by atoms with E-state index in [-0.39, 0.29) is 17.6 Å². The smallest absolute Gasteiger partial charge is 0.246 e. The number of hydrogen-bond acceptors (Lipinski definition) is 3. The molecule has 1 aliphatic heterocycles. The Morgan fingerprint density at radius 1 is 1.34 bits per heavy atom. The number of aromatic nitrogens is 2. The number of benzene rings is 1. The van der Waals surface area contributed by atoms with E-state index in [1.807, 2.05) is 23.9 Å². The van der Waals surface area contributed by atoms with Gasteiger partial charge in [0.25, 0.3) is 0 Å². The summed E-state index contributed by atoms with van der Waals surface area (Å²) in [4.78, 5) is 29.8. The number of carbonyl (C=O) groups is 2. The molecule has 0 bridgehead atoms. The van der Waals surface area contributed by atoms with E-state index in [0.717, 1.165) is 27.6 Å². The average molecular weight is 392 g/mol. The second-order valence-electron chi connectivity index (χ2n) is 7.28. The predicted molar refractivity (Wildman–Crippen MR) is 110 cm³/mol. The molecule has 7 heteroatoms. The third kappa shape index (κ3) is 3.89. The van der Waals surface area contributed by atoms with Crippen LogP contribution in [-0.4, -0.2) is 33.3 Å². The highest BCUT2D eigenvalue weighted by molar-refractivity contribution is 5.94. The lowest BCUT2D eigenvalue weighted by atomic mass is 10.0. The minimum atomic E-state index is -0.282. The van der Waals surface area contributed by atoms with E-state index >= 15 is 0 Å². The van der Waals surface area contributed by atoms with Crippen LogP contribution in [0.1, 0.15) is 23.1 Å². The van der Waals surface area contributed by atoms with Gasteiger partial charge in [-0.15, -0.1) is 0 Å². The number of aryl methyl sites for hydroxylation is 2. The van der Waals surface area contributed by atoms with E-state index in [0.29, 0.717) is 25.2 Å². The van der Waals surface area contributed by atoms with Gasteiger partial charge < -0.3 is 14.8 Å². The summed E-state index contributed by atoms with van der Waals surface area (Å²) in [6, 6.07) is 6.60. The van der Waals surface area contributed by atoms with Crippen LogP contribution in [0.4, 0.5) is 10.2 Å². The first kappa shape index (κ1) is 18.9. The number of nitrogens with zero attached hydrogens (tertiary/aromatic N) is 3. The van der Waals surface area contributed by atoms with E-state index < -0.39 is 0 Å². The van der Waals surface area contributed by atoms with Crippen molar-refractivity contribution in [3.05, 3.63) is 65.2 Å². The van der Waals surface area contributed by atoms with Gasteiger partial charge >= 0.3 is 0 Å². The third-order valence-corrected chi connectivity index (χ3v) is 5.10. The largest absolute Gasteiger partial charge is 0.350 e. The molecule has 0 saturated heterocycles. The van der Waals surface area contributed by atoms with Crippen molar-refractivity contribution in [3.63, 3.8) is 0 Å². The van der Waals surface area contributed by atoms with E-state index in [1.54, 1.807) is 30.3 Å². The molecule has 1 aromatic carbocycles. The maximum Gasteiger partial charge on any atom is 0.246 e. The van der Waals surface area contributed by atoms with Crippen molar-refractivity contribution in [1.82, 2.24) is 14.5 Å². The number of hydrogen-bond donors (Lipinski definition) is 1. The molecule has 2 aromatic heterocycles. The van der Waals surface area contributed by atoms with Gasteiger partial charge in [-0.2, -0.15) is 0 Å². The van der Waals surface area contributed by atoms with Crippen molar-refractivity contribution in [2.24, 2.45) is 7.05 Å². The lowest BCUT2D eigenvalue weighted by Crippen LogP contribution is -2.24. The summed E-state index contributed by atoms with van der Waals surface area (Å²) in [5, 5.41) is 3.67. The number of anilines is 1. The fourth-order valence-electron chi connectivity index (χ4n) is 3.56. The van der Waals surface area contributed by atoms with Gasteiger partial charge in [0.2, 0.25) is 11.8 Å². The number of pyridine rings is 1. The van der Waals surface area contributed by atoms with Crippen LogP contribution < -0.4 is 5.32 Å². The lowest BCUT2D eigenvalue weighted by molar-refractivity contribution is -0.125. The zero-order valence-corrected chi connectivity index (χ0v) is 16.3. The Morgan fingerprint density at radius 2 is 2.17 bits per heavy atom. The van der Waals surface area contributed by atoms with Gasteiger partial charge in [-0.05, 0) is 53.5 Å². The van der Waals surface area contributed by atoms with Crippen molar-refractivity contribution in [2.45, 2.75) is 19.4 Å². The molecule has 0 radical (unpaired) electrons. The van der Waals surface area contributed by atoms with Crippen LogP contribution in [0.5, 0.6) is 0 Å². The molecule has 29 heavy (non-hydrogen) atoms. The predicted octanol–water partition coefficient (Wildman–Crippen LogP) is 3.27. The third-order valence-electron chi connectivity index (χ3n) is 5.10. The van der Waals surface area contributed by atoms with Gasteiger partial charge in [0.15, 0.2) is 0 Å². The van der Waals surface area contributed by atoms with Crippen molar-refractivity contribution in [3.8, 4) is 0 Å². The maximum absolute atomic E-state index is 13.5. The molecule has 0 unspecified atom stereocenters. The molecule has 1 N–H and O–H groups in total. The Hall–Kier alpha value is -3.48. The topological polar surface area (TPSA) is 67.2 Å². The Balaban J connectivity index is 1.47. The number of carbonyl (C=O) groups excluding carboxylic acids is 2. The number of nitrogens with one attached hydrogen (secondary N) is 1. The van der Waals surface area contributed by atoms with Crippen molar-refractivity contribution in [2.75, 3.05) is 12.4 Å². The molecule has 0 fully saturated rings. The SMILES string of the molecule is CN(Cc1cn(C)c2cc(F)ccc12)C(=O)C=Cc1cnc2c(c1)CCC(=O)N2. The van der Waals surface area contributed by atoms with Crippen LogP contribution in [0.15, 0.2) is 42.7 Å². The number of amides is 2. The zero-order chi connectivity index (χ0) is 20.5. The monoisotopic (exact) mass is 392 g/mol. The van der Waals surface area contributed by atoms with Crippen LogP contribution in [0.25, 0.3) is 17.0 Å². The van der Waals surface area contributed by atoms with Crippen LogP contribution in [0.3, 0.4) is 0 Å². The highest BCUT2D eigenvalue weighted by Gasteiger charge is 2.16. The van der Waals surface area contributed by atoms with E-state index in [4.69, 9.17) is 0 Å². The Morgan fingerprint density at radius 3 is 3.00 bits per heavy atom. The van der Waals surface area contributed by atoms with Gasteiger partial charge in [0.05, 0.1) is 5.52 Å². The highest BCUT2D eigenvalue weighted by atomic mass is 19.1. The highest BCUT2D eigenvalue weighted by Crippen LogP contribution is 2.23. The molecule has 1 aliphatic rings. The van der Waals surface area contributed by atoms with Crippen LogP contribution in [0, 0.1) is 5.82 Å². The molecule has 2 amide bonds. The van der Waals surface area contributed by atoms with Gasteiger partial charge in [0.1, 0.15) is 11.6 Å². The van der Waals surface area contributed by atoms with Gasteiger partial charge in [-0.1, -0.05) is 0 Å². The Kier molecular flexibility index (Phi) is 4.88. The minimum absolute atomic E-state index is 0.0266. The van der Waals surface area contributed by atoms with Crippen LogP contribution in [0.2, 0.25) is 0 Å². The summed E-state index contributed by atoms with van der Waals surface area (Å²) in [7, 11) is 3.59. The van der Waals surface area contributed by atoms with Crippen LogP contribution in [-0.2, 0) is 29.6 Å². The summed E-state index contributed by atoms with van der Waals surface area (Å²) >= 11 is 0. The number of fused-ring (bicyclic) bond motifs is 2. The summed E-state index contributed by atoms with van der Waals surface area (Å²) < 4.78 is 15.4. The summed E-state index contributed by atoms with van der Waals surface area (Å²) in [5.41, 5.74) is 3.53. The number of halogens is 1. The summed E-state index contributed by atoms with van der Waals surface area (Å²) in [5.74, 6) is 0.140. The zero-order valence-electron chi connectivity index (χ0n) is 16.3. The standard InChI is InChI=1S/C22H21FN4O2/c1-26-12-16(18-6-5-17(23)10-19(18)26)13-27(2)21(29)8-3-14-9-15-4-7-20(28)25-22(15)24-11-14/h3,5-6,8-12H,4,7,13H2,1-2H3,(H,24,25,28). The number of likely N-dealkylation sites (N-methyl/N-ethyl adjacent to an activating group) is 1. The van der Waals surface area contributed by atoms with Gasteiger partial charge in [0, 0.05) is 50.9 Å². The fraction of sp³-hybridized carbons (Fsp3) is 0.227. The molecule has 4 rings (SSSR count). The van der Waals surface area contributed by atoms with Crippen molar-refractivity contribution in [1.29, 1.82) is 0 Å². The molecule has 0 spiro atoms. The number of rotatable bonds is 4. The van der Waals surface area contributed by atoms with E-state index in [9.17, 15) is 14.0 Å². The van der Waals surface area contributed by atoms with Crippen molar-refractivity contribution < 1.29 is 14.0 Å². The molecule has 0 atom stereocenters. The summed E-state index contributed by atoms with van der Waals surface area (Å²) in [6.45, 7) is 0.417. The normalized spacial score (nSPS) is 13.6. The quantitative estimate of drug-likeness (QED) is 0.693. The first-order chi connectivity index (χ1) is 13.9. The Labute approximate surface area is 167 Å². The first-order valence-electron chi connectivity index (χ1n) is 9.36. The van der Waals surface area contributed by atoms with E-state index in [2.05, 4.69) is 10.3 Å². The van der Waals surface area contributed by atoms with Gasteiger partial charge in [-0.3, -0.25) is 9.59 Å². The molecule has 3 heterocycles. The molecule has 0 saturated carbocycles. The maximum atomic E-state index is 13.5. The molecule has 148 valence electrons. The fourth-order valence-corrected chi connectivity index (χ4v) is 3.56. The first-order valence-corrected chi connectivity index (χ1v) is 9.36. The van der Waals surface area contributed by atoms with E-state index in [1.165, 1.54) is 18.2 Å². The summed E-state index contributed by atoms with van der Waals surface area (Å²) in [6.07, 6.45) is 7.87. The lowest BCUT2D eigenvalue weighted by Gasteiger charge is -2.16. The van der Waals surface area contributed by atoms with Crippen molar-refractivity contribution >= 4 is 34.6 Å². The van der Waals surface area contributed by atoms with Crippen LogP contribution >= 0.6 is 0 Å². The molecular weight excluding hydrogens is 371 g/mol. The minimum Gasteiger partial charge on any atom is -0.350 e. The average Bonchev–Trinajstić information content (AvgIpc) is 3.00. The Bertz CT molecular complexity index is 1150. The molecule has 6 nitrogen and oxygen atoms in total. The van der Waals surface area contributed by atoms with Gasteiger partial charge in [-0.25, -0.2) is 9.37 Å². The molecule has 0 aliphatic carbocycles. The molecule has 3 aromatic rings.